The molecular formula is C17H25NO2. The third-order valence-corrected chi connectivity index (χ3v) is 3.81. The van der Waals surface area contributed by atoms with Crippen LogP contribution >= 0.6 is 0 Å². The van der Waals surface area contributed by atoms with Crippen molar-refractivity contribution in [1.29, 1.82) is 0 Å². The van der Waals surface area contributed by atoms with E-state index in [-0.39, 0.29) is 11.9 Å². The van der Waals surface area contributed by atoms with Gasteiger partial charge in [0.1, 0.15) is 5.60 Å². The first-order valence-corrected chi connectivity index (χ1v) is 7.35. The fourth-order valence-electron chi connectivity index (χ4n) is 2.67. The number of nitrogen functional groups attached to an aromatic ring is 1. The predicted molar refractivity (Wildman–Crippen MR) is 81.5 cm³/mol. The highest BCUT2D eigenvalue weighted by Crippen LogP contribution is 2.46. The molecule has 0 heterocycles. The fraction of sp³-hybridized carbons (Fsp3) is 0.588. The molecule has 0 aromatic heterocycles. The quantitative estimate of drug-likeness (QED) is 0.671. The third-order valence-electron chi connectivity index (χ3n) is 3.81. The lowest BCUT2D eigenvalue weighted by Gasteiger charge is -2.23. The summed E-state index contributed by atoms with van der Waals surface area (Å²) in [4.78, 5) is 12.1. The van der Waals surface area contributed by atoms with Gasteiger partial charge < -0.3 is 10.5 Å². The second-order valence-corrected chi connectivity index (χ2v) is 6.80. The Bertz CT molecular complexity index is 498. The highest BCUT2D eigenvalue weighted by Gasteiger charge is 2.35. The molecule has 1 unspecified atom stereocenters. The van der Waals surface area contributed by atoms with Crippen molar-refractivity contribution in [3.8, 4) is 0 Å². The minimum atomic E-state index is -0.421. The average molecular weight is 275 g/mol. The first-order chi connectivity index (χ1) is 9.28. The lowest BCUT2D eigenvalue weighted by atomic mass is 9.87. The topological polar surface area (TPSA) is 52.3 Å². The molecule has 1 saturated carbocycles. The van der Waals surface area contributed by atoms with Crippen LogP contribution in [0.4, 0.5) is 5.69 Å². The Labute approximate surface area is 121 Å². The van der Waals surface area contributed by atoms with Crippen LogP contribution in [0.3, 0.4) is 0 Å². The van der Waals surface area contributed by atoms with Gasteiger partial charge in [-0.25, -0.2) is 0 Å². The normalized spacial score (nSPS) is 16.8. The first-order valence-electron chi connectivity index (χ1n) is 7.35. The summed E-state index contributed by atoms with van der Waals surface area (Å²) >= 11 is 0. The molecule has 0 amide bonds. The summed E-state index contributed by atoms with van der Waals surface area (Å²) in [5, 5.41) is 0. The third kappa shape index (κ3) is 3.75. The van der Waals surface area contributed by atoms with Crippen LogP contribution in [0.5, 0.6) is 0 Å². The van der Waals surface area contributed by atoms with Crippen LogP contribution < -0.4 is 5.73 Å². The second-order valence-electron chi connectivity index (χ2n) is 6.80. The molecule has 1 aromatic rings. The van der Waals surface area contributed by atoms with E-state index in [1.807, 2.05) is 39.8 Å². The molecule has 1 atom stereocenters. The molecule has 1 aliphatic carbocycles. The Balaban J connectivity index is 2.16. The largest absolute Gasteiger partial charge is 0.460 e. The van der Waals surface area contributed by atoms with Gasteiger partial charge in [-0.15, -0.1) is 0 Å². The van der Waals surface area contributed by atoms with Crippen molar-refractivity contribution in [3.05, 3.63) is 29.3 Å². The van der Waals surface area contributed by atoms with Gasteiger partial charge in [-0.05, 0) is 69.6 Å². The molecule has 110 valence electrons. The van der Waals surface area contributed by atoms with Crippen molar-refractivity contribution in [1.82, 2.24) is 0 Å². The minimum absolute atomic E-state index is 0.115. The summed E-state index contributed by atoms with van der Waals surface area (Å²) < 4.78 is 5.47. The fourth-order valence-corrected chi connectivity index (χ4v) is 2.67. The summed E-state index contributed by atoms with van der Waals surface area (Å²) in [7, 11) is 0. The molecule has 0 bridgehead atoms. The number of carbonyl (C=O) groups excluding carboxylic acids is 1. The number of benzene rings is 1. The van der Waals surface area contributed by atoms with Crippen LogP contribution in [0.1, 0.15) is 57.1 Å². The van der Waals surface area contributed by atoms with E-state index < -0.39 is 5.60 Å². The lowest BCUT2D eigenvalue weighted by molar-refractivity contribution is -0.155. The molecule has 1 aliphatic rings. The molecule has 1 aromatic carbocycles. The summed E-state index contributed by atoms with van der Waals surface area (Å²) in [6.07, 6.45) is 2.84. The molecule has 2 rings (SSSR count). The number of carbonyl (C=O) groups is 1. The Hall–Kier alpha value is -1.51. The van der Waals surface area contributed by atoms with Crippen LogP contribution in [-0.4, -0.2) is 11.6 Å². The summed E-state index contributed by atoms with van der Waals surface area (Å²) in [5.41, 5.74) is 8.69. The first kappa shape index (κ1) is 14.9. The minimum Gasteiger partial charge on any atom is -0.460 e. The van der Waals surface area contributed by atoms with Gasteiger partial charge in [0.05, 0.1) is 6.42 Å². The van der Waals surface area contributed by atoms with E-state index in [1.54, 1.807) is 0 Å². The van der Waals surface area contributed by atoms with Gasteiger partial charge >= 0.3 is 5.97 Å². The van der Waals surface area contributed by atoms with Gasteiger partial charge in [0.15, 0.2) is 0 Å². The maximum absolute atomic E-state index is 12.1. The van der Waals surface area contributed by atoms with E-state index in [1.165, 1.54) is 18.4 Å². The van der Waals surface area contributed by atoms with Crippen LogP contribution in [0, 0.1) is 12.8 Å². The number of hydrogen-bond donors (Lipinski definition) is 1. The highest BCUT2D eigenvalue weighted by atomic mass is 16.6. The van der Waals surface area contributed by atoms with E-state index in [0.717, 1.165) is 11.3 Å². The number of hydrogen-bond acceptors (Lipinski definition) is 3. The molecular weight excluding hydrogens is 250 g/mol. The van der Waals surface area contributed by atoms with Crippen molar-refractivity contribution >= 4 is 11.7 Å². The standard InChI is InChI=1S/C17H25NO2/c1-11-13(6-5-7-15(11)18)14(12-8-9-12)10-16(19)20-17(2,3)4/h5-7,12,14H,8-10,18H2,1-4H3. The van der Waals surface area contributed by atoms with Crippen molar-refractivity contribution in [2.24, 2.45) is 5.92 Å². The monoisotopic (exact) mass is 275 g/mol. The van der Waals surface area contributed by atoms with Crippen LogP contribution in [0.15, 0.2) is 18.2 Å². The molecule has 20 heavy (non-hydrogen) atoms. The lowest BCUT2D eigenvalue weighted by Crippen LogP contribution is -2.25. The van der Waals surface area contributed by atoms with Crippen molar-refractivity contribution in [3.63, 3.8) is 0 Å². The van der Waals surface area contributed by atoms with Gasteiger partial charge in [0.25, 0.3) is 0 Å². The van der Waals surface area contributed by atoms with E-state index in [4.69, 9.17) is 10.5 Å². The maximum Gasteiger partial charge on any atom is 0.306 e. The van der Waals surface area contributed by atoms with E-state index >= 15 is 0 Å². The van der Waals surface area contributed by atoms with Crippen LogP contribution in [-0.2, 0) is 9.53 Å². The average Bonchev–Trinajstić information content (AvgIpc) is 3.12. The van der Waals surface area contributed by atoms with Gasteiger partial charge in [-0.1, -0.05) is 12.1 Å². The van der Waals surface area contributed by atoms with Crippen LogP contribution in [0.2, 0.25) is 0 Å². The van der Waals surface area contributed by atoms with Gasteiger partial charge in [0, 0.05) is 5.69 Å². The number of nitrogens with two attached hydrogens (primary N) is 1. The summed E-state index contributed by atoms with van der Waals surface area (Å²) in [6.45, 7) is 7.75. The molecule has 3 heteroatoms. The Morgan fingerprint density at radius 3 is 2.60 bits per heavy atom. The maximum atomic E-state index is 12.1. The smallest absolute Gasteiger partial charge is 0.306 e. The molecule has 1 fully saturated rings. The van der Waals surface area contributed by atoms with Crippen molar-refractivity contribution in [2.45, 2.75) is 58.5 Å². The van der Waals surface area contributed by atoms with Crippen molar-refractivity contribution < 1.29 is 9.53 Å². The molecule has 3 nitrogen and oxygen atoms in total. The number of esters is 1. The zero-order valence-electron chi connectivity index (χ0n) is 12.9. The SMILES string of the molecule is Cc1c(N)cccc1C(CC(=O)OC(C)(C)C)C1CC1. The van der Waals surface area contributed by atoms with Gasteiger partial charge in [-0.3, -0.25) is 4.79 Å². The van der Waals surface area contributed by atoms with E-state index in [0.29, 0.717) is 12.3 Å². The second kappa shape index (κ2) is 5.47. The number of ether oxygens (including phenoxy) is 1. The summed E-state index contributed by atoms with van der Waals surface area (Å²) in [6, 6.07) is 5.98. The van der Waals surface area contributed by atoms with Gasteiger partial charge in [0.2, 0.25) is 0 Å². The zero-order valence-corrected chi connectivity index (χ0v) is 12.9. The van der Waals surface area contributed by atoms with Crippen molar-refractivity contribution in [2.75, 3.05) is 5.73 Å². The molecule has 2 N–H and O–H groups in total. The molecule has 0 spiro atoms. The summed E-state index contributed by atoms with van der Waals surface area (Å²) in [5.74, 6) is 0.729. The number of rotatable bonds is 4. The van der Waals surface area contributed by atoms with Gasteiger partial charge in [-0.2, -0.15) is 0 Å². The number of anilines is 1. The zero-order chi connectivity index (χ0) is 14.9. The molecule has 0 radical (unpaired) electrons. The Kier molecular flexibility index (Phi) is 4.07. The Morgan fingerprint density at radius 1 is 1.40 bits per heavy atom. The Morgan fingerprint density at radius 2 is 2.05 bits per heavy atom. The highest BCUT2D eigenvalue weighted by molar-refractivity contribution is 5.71. The van der Waals surface area contributed by atoms with Crippen LogP contribution in [0.25, 0.3) is 0 Å². The predicted octanol–water partition coefficient (Wildman–Crippen LogP) is 3.80. The molecule has 0 aliphatic heterocycles. The van der Waals surface area contributed by atoms with E-state index in [2.05, 4.69) is 6.07 Å². The van der Waals surface area contributed by atoms with E-state index in [9.17, 15) is 4.79 Å². The molecule has 0 saturated heterocycles.